The highest BCUT2D eigenvalue weighted by Crippen LogP contribution is 2.38. The number of phosphoric ester groups is 1. The van der Waals surface area contributed by atoms with E-state index < -0.39 is 20.0 Å². The van der Waals surface area contributed by atoms with Crippen LogP contribution in [0, 0.1) is 0 Å². The Morgan fingerprint density at radius 3 is 1.13 bits per heavy atom. The van der Waals surface area contributed by atoms with Crippen molar-refractivity contribution in [1.29, 1.82) is 0 Å². The zero-order valence-corrected chi connectivity index (χ0v) is 47.9. The number of phosphoric acid groups is 1. The second-order valence-corrected chi connectivity index (χ2v) is 23.8. The number of hydrogen-bond donors (Lipinski definition) is 2. The van der Waals surface area contributed by atoms with E-state index in [-0.39, 0.29) is 19.1 Å². The minimum Gasteiger partial charge on any atom is -0.756 e. The Morgan fingerprint density at radius 1 is 0.493 bits per heavy atom. The second-order valence-electron chi connectivity index (χ2n) is 22.4. The molecule has 0 radical (unpaired) electrons. The van der Waals surface area contributed by atoms with Crippen molar-refractivity contribution in [2.75, 3.05) is 40.9 Å². The van der Waals surface area contributed by atoms with Crippen LogP contribution in [0.1, 0.15) is 316 Å². The summed E-state index contributed by atoms with van der Waals surface area (Å²) in [6.45, 7) is 4.77. The number of carbonyl (C=O) groups is 1. The average molecular weight is 998 g/mol. The van der Waals surface area contributed by atoms with Crippen LogP contribution in [0.3, 0.4) is 0 Å². The molecule has 0 saturated heterocycles. The lowest BCUT2D eigenvalue weighted by Gasteiger charge is -2.30. The number of rotatable bonds is 57. The third kappa shape index (κ3) is 54.8. The number of amides is 1. The van der Waals surface area contributed by atoms with E-state index in [1.807, 2.05) is 21.1 Å². The monoisotopic (exact) mass is 997 g/mol. The normalized spacial score (nSPS) is 13.9. The lowest BCUT2D eigenvalue weighted by atomic mass is 10.0. The minimum atomic E-state index is -4.57. The number of carbonyl (C=O) groups excluding carboxylic acids is 1. The molecule has 0 fully saturated rings. The first-order valence-corrected chi connectivity index (χ1v) is 32.0. The number of nitrogens with zero attached hydrogens (tertiary/aromatic N) is 1. The summed E-state index contributed by atoms with van der Waals surface area (Å²) in [5.74, 6) is -0.158. The third-order valence-electron chi connectivity index (χ3n) is 14.3. The topological polar surface area (TPSA) is 108 Å². The molecule has 3 unspecified atom stereocenters. The van der Waals surface area contributed by atoms with Gasteiger partial charge < -0.3 is 28.8 Å². The Labute approximate surface area is 431 Å². The minimum absolute atomic E-state index is 0.0155. The van der Waals surface area contributed by atoms with Gasteiger partial charge in [-0.2, -0.15) is 0 Å². The van der Waals surface area contributed by atoms with Crippen molar-refractivity contribution in [1.82, 2.24) is 5.32 Å². The van der Waals surface area contributed by atoms with Crippen LogP contribution < -0.4 is 10.2 Å². The van der Waals surface area contributed by atoms with Gasteiger partial charge in [0, 0.05) is 6.42 Å². The number of allylic oxidation sites excluding steroid dienone is 2. The van der Waals surface area contributed by atoms with Gasteiger partial charge in [0.1, 0.15) is 13.2 Å². The van der Waals surface area contributed by atoms with Gasteiger partial charge in [-0.25, -0.2) is 0 Å². The van der Waals surface area contributed by atoms with Crippen molar-refractivity contribution in [2.45, 2.75) is 328 Å². The average Bonchev–Trinajstić information content (AvgIpc) is 3.31. The number of quaternary nitrogens is 1. The predicted octanol–water partition coefficient (Wildman–Crippen LogP) is 18.0. The van der Waals surface area contributed by atoms with Gasteiger partial charge in [-0.1, -0.05) is 283 Å². The number of hydrogen-bond acceptors (Lipinski definition) is 6. The van der Waals surface area contributed by atoms with E-state index in [0.717, 1.165) is 38.5 Å². The molecule has 0 rings (SSSR count). The Morgan fingerprint density at radius 2 is 0.797 bits per heavy atom. The number of nitrogens with one attached hydrogen (secondary N) is 1. The van der Waals surface area contributed by atoms with Crippen molar-refractivity contribution in [3.05, 3.63) is 12.2 Å². The van der Waals surface area contributed by atoms with Crippen LogP contribution in [0.5, 0.6) is 0 Å². The Kier molecular flexibility index (Phi) is 51.5. The summed E-state index contributed by atoms with van der Waals surface area (Å²) in [5, 5.41) is 14.0. The molecule has 1 amide bonds. The molecule has 9 heteroatoms. The SMILES string of the molecule is CCCCCCCCCC/C=C\CCCCCCCCCCCCCCCCCCCCCC(=O)NC(COP(=O)([O-])OCC[N+](C)(C)C)C(O)CCCCCCCCCCCCCCCCCC. The molecule has 0 aromatic heterocycles. The van der Waals surface area contributed by atoms with Gasteiger partial charge >= 0.3 is 0 Å². The largest absolute Gasteiger partial charge is 0.756 e. The summed E-state index contributed by atoms with van der Waals surface area (Å²) in [4.78, 5) is 25.5. The van der Waals surface area contributed by atoms with Crippen molar-refractivity contribution in [2.24, 2.45) is 0 Å². The van der Waals surface area contributed by atoms with Crippen molar-refractivity contribution >= 4 is 13.7 Å². The fraction of sp³-hybridized carbons (Fsp3) is 0.950. The van der Waals surface area contributed by atoms with Gasteiger partial charge in [-0.3, -0.25) is 9.36 Å². The zero-order chi connectivity index (χ0) is 50.6. The Bertz CT molecular complexity index is 1130. The summed E-state index contributed by atoms with van der Waals surface area (Å²) >= 11 is 0. The van der Waals surface area contributed by atoms with E-state index in [2.05, 4.69) is 31.3 Å². The highest BCUT2D eigenvalue weighted by atomic mass is 31.2. The molecule has 0 saturated carbocycles. The van der Waals surface area contributed by atoms with E-state index in [4.69, 9.17) is 9.05 Å². The summed E-state index contributed by atoms with van der Waals surface area (Å²) in [7, 11) is 1.32. The van der Waals surface area contributed by atoms with Gasteiger partial charge in [-0.05, 0) is 38.5 Å². The molecule has 8 nitrogen and oxygen atoms in total. The first kappa shape index (κ1) is 68.2. The molecule has 69 heavy (non-hydrogen) atoms. The van der Waals surface area contributed by atoms with Gasteiger partial charge in [0.2, 0.25) is 5.91 Å². The number of unbranched alkanes of at least 4 members (excludes halogenated alkanes) is 42. The molecule has 0 bridgehead atoms. The first-order valence-electron chi connectivity index (χ1n) is 30.5. The quantitative estimate of drug-likeness (QED) is 0.0272. The molecule has 2 N–H and O–H groups in total. The summed E-state index contributed by atoms with van der Waals surface area (Å²) in [6, 6.07) is -0.796. The highest BCUT2D eigenvalue weighted by molar-refractivity contribution is 7.45. The number of aliphatic hydroxyl groups is 1. The van der Waals surface area contributed by atoms with Gasteiger partial charge in [0.05, 0.1) is 39.9 Å². The van der Waals surface area contributed by atoms with Crippen LogP contribution in [0.15, 0.2) is 12.2 Å². The summed E-state index contributed by atoms with van der Waals surface area (Å²) < 4.78 is 23.4. The molecule has 0 aromatic rings. The van der Waals surface area contributed by atoms with Crippen molar-refractivity contribution in [3.8, 4) is 0 Å². The van der Waals surface area contributed by atoms with E-state index in [1.54, 1.807) is 0 Å². The van der Waals surface area contributed by atoms with E-state index in [0.29, 0.717) is 23.9 Å². The molecule has 0 aromatic carbocycles. The van der Waals surface area contributed by atoms with E-state index in [9.17, 15) is 19.4 Å². The number of aliphatic hydroxyl groups excluding tert-OH is 1. The number of likely N-dealkylation sites (N-methyl/N-ethyl adjacent to an activating group) is 1. The van der Waals surface area contributed by atoms with Crippen molar-refractivity contribution in [3.63, 3.8) is 0 Å². The Hall–Kier alpha value is -0.760. The van der Waals surface area contributed by atoms with Gasteiger partial charge in [-0.15, -0.1) is 0 Å². The molecule has 0 aliphatic rings. The fourth-order valence-electron chi connectivity index (χ4n) is 9.45. The molecular formula is C60H121N2O6P. The van der Waals surface area contributed by atoms with E-state index in [1.165, 1.54) is 250 Å². The smallest absolute Gasteiger partial charge is 0.268 e. The fourth-order valence-corrected chi connectivity index (χ4v) is 10.2. The lowest BCUT2D eigenvalue weighted by Crippen LogP contribution is -2.46. The maximum absolute atomic E-state index is 13.0. The van der Waals surface area contributed by atoms with E-state index >= 15 is 0 Å². The Balaban J connectivity index is 4.00. The molecule has 0 spiro atoms. The molecule has 412 valence electrons. The van der Waals surface area contributed by atoms with Crippen LogP contribution in [0.4, 0.5) is 0 Å². The highest BCUT2D eigenvalue weighted by Gasteiger charge is 2.24. The van der Waals surface area contributed by atoms with Crippen LogP contribution in [0.2, 0.25) is 0 Å². The van der Waals surface area contributed by atoms with Crippen molar-refractivity contribution < 1.29 is 32.9 Å². The standard InChI is InChI=1S/C60H121N2O6P/c1-6-8-10-12-14-16-18-20-22-24-25-26-27-28-29-30-31-32-33-34-35-36-37-38-40-42-44-46-48-50-52-54-60(64)61-58(57-68-69(65,66)67-56-55-62(3,4)5)59(63)53-51-49-47-45-43-41-39-23-21-19-17-15-13-11-9-7-2/h24-25,58-59,63H,6-23,26-57H2,1-5H3,(H-,61,64,65,66)/b25-24-. The summed E-state index contributed by atoms with van der Waals surface area (Å²) in [6.07, 6.45) is 64.0. The molecule has 0 aliphatic carbocycles. The maximum Gasteiger partial charge on any atom is 0.268 e. The van der Waals surface area contributed by atoms with Gasteiger partial charge in [0.25, 0.3) is 7.82 Å². The first-order chi connectivity index (χ1) is 33.5. The zero-order valence-electron chi connectivity index (χ0n) is 47.0. The predicted molar refractivity (Wildman–Crippen MR) is 298 cm³/mol. The maximum atomic E-state index is 13.0. The third-order valence-corrected chi connectivity index (χ3v) is 15.2. The second kappa shape index (κ2) is 52.1. The molecule has 0 heterocycles. The van der Waals surface area contributed by atoms with Crippen LogP contribution in [-0.2, 0) is 18.4 Å². The molecular weight excluding hydrogens is 876 g/mol. The van der Waals surface area contributed by atoms with Crippen LogP contribution >= 0.6 is 7.82 Å². The van der Waals surface area contributed by atoms with Gasteiger partial charge in [0.15, 0.2) is 0 Å². The molecule has 3 atom stereocenters. The van der Waals surface area contributed by atoms with Crippen LogP contribution in [-0.4, -0.2) is 68.5 Å². The summed E-state index contributed by atoms with van der Waals surface area (Å²) in [5.41, 5.74) is 0. The molecule has 0 aliphatic heterocycles. The van der Waals surface area contributed by atoms with Crippen LogP contribution in [0.25, 0.3) is 0 Å². The lowest BCUT2D eigenvalue weighted by molar-refractivity contribution is -0.870.